The Balaban J connectivity index is 2.29. The average Bonchev–Trinajstić information content (AvgIpc) is 2.35. The lowest BCUT2D eigenvalue weighted by molar-refractivity contribution is 0.105. The minimum Gasteiger partial charge on any atom is -0.445 e. The second-order valence-corrected chi connectivity index (χ2v) is 5.54. The molecule has 0 radical (unpaired) electrons. The number of benzene rings is 1. The number of rotatable bonds is 6. The lowest BCUT2D eigenvalue weighted by Gasteiger charge is -2.16. The van der Waals surface area contributed by atoms with Crippen molar-refractivity contribution in [3.05, 3.63) is 35.9 Å². The molecule has 19 heavy (non-hydrogen) atoms. The van der Waals surface area contributed by atoms with Crippen molar-refractivity contribution >= 4 is 16.3 Å². The van der Waals surface area contributed by atoms with E-state index in [0.717, 1.165) is 5.56 Å². The van der Waals surface area contributed by atoms with Gasteiger partial charge in [-0.05, 0) is 12.0 Å². The molecular weight excluding hydrogens is 273 g/mol. The second kappa shape index (κ2) is 7.08. The molecule has 1 aromatic rings. The summed E-state index contributed by atoms with van der Waals surface area (Å²) in [5.41, 5.74) is 0.857. The van der Waals surface area contributed by atoms with Crippen molar-refractivity contribution in [3.8, 4) is 0 Å². The van der Waals surface area contributed by atoms with Crippen LogP contribution in [0.15, 0.2) is 30.3 Å². The summed E-state index contributed by atoms with van der Waals surface area (Å²) in [5, 5.41) is 0. The summed E-state index contributed by atoms with van der Waals surface area (Å²) in [7, 11) is -3.01. The van der Waals surface area contributed by atoms with E-state index in [4.69, 9.17) is 4.74 Å². The molecule has 0 fully saturated rings. The van der Waals surface area contributed by atoms with E-state index in [1.807, 2.05) is 30.3 Å². The van der Waals surface area contributed by atoms with Gasteiger partial charge in [-0.2, -0.15) is 8.42 Å². The summed E-state index contributed by atoms with van der Waals surface area (Å²) in [4.78, 5) is 12.7. The van der Waals surface area contributed by atoms with Crippen molar-refractivity contribution in [2.75, 3.05) is 19.3 Å². The SMILES string of the molecule is CN(CCCS(=O)(=O)F)C(=O)OCc1ccccc1. The van der Waals surface area contributed by atoms with Crippen LogP contribution in [0.3, 0.4) is 0 Å². The molecule has 1 aromatic carbocycles. The number of hydrogen-bond acceptors (Lipinski definition) is 4. The molecule has 0 heterocycles. The first-order valence-corrected chi connectivity index (χ1v) is 7.28. The van der Waals surface area contributed by atoms with Gasteiger partial charge in [-0.15, -0.1) is 3.89 Å². The normalized spacial score (nSPS) is 11.1. The predicted molar refractivity (Wildman–Crippen MR) is 68.8 cm³/mol. The maximum absolute atomic E-state index is 12.2. The Labute approximate surface area is 112 Å². The first-order valence-electron chi connectivity index (χ1n) is 5.72. The number of carbonyl (C=O) groups excluding carboxylic acids is 1. The first-order chi connectivity index (χ1) is 8.88. The minimum absolute atomic E-state index is 0.0375. The molecule has 0 aromatic heterocycles. The van der Waals surface area contributed by atoms with E-state index in [2.05, 4.69) is 0 Å². The van der Waals surface area contributed by atoms with Gasteiger partial charge in [0, 0.05) is 13.6 Å². The summed E-state index contributed by atoms with van der Waals surface area (Å²) < 4.78 is 37.8. The molecule has 0 N–H and O–H groups in total. The molecule has 0 spiro atoms. The Morgan fingerprint density at radius 1 is 1.32 bits per heavy atom. The summed E-state index contributed by atoms with van der Waals surface area (Å²) in [5.74, 6) is -0.594. The Kier molecular flexibility index (Phi) is 5.75. The van der Waals surface area contributed by atoms with E-state index in [0.29, 0.717) is 0 Å². The van der Waals surface area contributed by atoms with Gasteiger partial charge in [0.25, 0.3) is 0 Å². The highest BCUT2D eigenvalue weighted by molar-refractivity contribution is 7.86. The summed E-state index contributed by atoms with van der Waals surface area (Å²) in [6.07, 6.45) is -0.532. The fraction of sp³-hybridized carbons (Fsp3) is 0.417. The van der Waals surface area contributed by atoms with E-state index >= 15 is 0 Å². The number of halogens is 1. The Morgan fingerprint density at radius 3 is 2.53 bits per heavy atom. The standard InChI is InChI=1S/C12H16FNO4S/c1-14(8-5-9-19(13,16)17)12(15)18-10-11-6-3-2-4-7-11/h2-4,6-7H,5,8-10H2,1H3. The highest BCUT2D eigenvalue weighted by atomic mass is 32.3. The van der Waals surface area contributed by atoms with E-state index in [1.54, 1.807) is 0 Å². The minimum atomic E-state index is -4.48. The highest BCUT2D eigenvalue weighted by Crippen LogP contribution is 2.03. The van der Waals surface area contributed by atoms with Crippen molar-refractivity contribution in [2.24, 2.45) is 0 Å². The van der Waals surface area contributed by atoms with Crippen molar-refractivity contribution < 1.29 is 21.8 Å². The van der Waals surface area contributed by atoms with Crippen molar-refractivity contribution in [1.29, 1.82) is 0 Å². The van der Waals surface area contributed by atoms with Gasteiger partial charge < -0.3 is 9.64 Å². The van der Waals surface area contributed by atoms with Crippen LogP contribution in [0.1, 0.15) is 12.0 Å². The van der Waals surface area contributed by atoms with E-state index in [1.165, 1.54) is 11.9 Å². The molecule has 0 atom stereocenters. The van der Waals surface area contributed by atoms with Gasteiger partial charge in [-0.3, -0.25) is 0 Å². The van der Waals surface area contributed by atoms with E-state index in [9.17, 15) is 17.1 Å². The molecule has 5 nitrogen and oxygen atoms in total. The van der Waals surface area contributed by atoms with E-state index < -0.39 is 22.1 Å². The lowest BCUT2D eigenvalue weighted by atomic mass is 10.2. The molecule has 7 heteroatoms. The average molecular weight is 289 g/mol. The largest absolute Gasteiger partial charge is 0.445 e. The van der Waals surface area contributed by atoms with Crippen LogP contribution < -0.4 is 0 Å². The van der Waals surface area contributed by atoms with Crippen molar-refractivity contribution in [1.82, 2.24) is 4.90 Å². The number of amides is 1. The number of nitrogens with zero attached hydrogens (tertiary/aromatic N) is 1. The molecule has 0 unspecified atom stereocenters. The van der Waals surface area contributed by atoms with Crippen molar-refractivity contribution in [3.63, 3.8) is 0 Å². The van der Waals surface area contributed by atoms with Gasteiger partial charge >= 0.3 is 16.3 Å². The van der Waals surface area contributed by atoms with Crippen LogP contribution in [0.2, 0.25) is 0 Å². The van der Waals surface area contributed by atoms with Gasteiger partial charge in [-0.25, -0.2) is 4.79 Å². The fourth-order valence-electron chi connectivity index (χ4n) is 1.39. The van der Waals surface area contributed by atoms with Gasteiger partial charge in [0.2, 0.25) is 0 Å². The fourth-order valence-corrected chi connectivity index (χ4v) is 1.87. The van der Waals surface area contributed by atoms with Crippen LogP contribution in [0.4, 0.5) is 8.68 Å². The molecule has 0 aliphatic heterocycles. The molecule has 106 valence electrons. The van der Waals surface area contributed by atoms with Gasteiger partial charge in [-0.1, -0.05) is 30.3 Å². The summed E-state index contributed by atoms with van der Waals surface area (Å²) >= 11 is 0. The third kappa shape index (κ3) is 6.76. The zero-order chi connectivity index (χ0) is 14.3. The molecule has 0 bridgehead atoms. The molecule has 0 aliphatic rings. The molecular formula is C12H16FNO4S. The highest BCUT2D eigenvalue weighted by Gasteiger charge is 2.12. The molecule has 1 amide bonds. The Morgan fingerprint density at radius 2 is 1.95 bits per heavy atom. The Hall–Kier alpha value is -1.63. The number of ether oxygens (including phenoxy) is 1. The molecule has 1 rings (SSSR count). The topological polar surface area (TPSA) is 63.7 Å². The number of hydrogen-bond donors (Lipinski definition) is 0. The van der Waals surface area contributed by atoms with Crippen LogP contribution >= 0.6 is 0 Å². The van der Waals surface area contributed by atoms with Crippen molar-refractivity contribution in [2.45, 2.75) is 13.0 Å². The molecule has 0 aliphatic carbocycles. The Bertz CT molecular complexity index is 504. The van der Waals surface area contributed by atoms with Crippen LogP contribution in [0.25, 0.3) is 0 Å². The summed E-state index contributed by atoms with van der Waals surface area (Å²) in [6.45, 7) is 0.266. The monoisotopic (exact) mass is 289 g/mol. The quantitative estimate of drug-likeness (QED) is 0.751. The zero-order valence-corrected chi connectivity index (χ0v) is 11.4. The predicted octanol–water partition coefficient (Wildman–Crippen LogP) is 1.94. The van der Waals surface area contributed by atoms with Crippen LogP contribution in [-0.2, 0) is 21.6 Å². The molecule has 0 saturated heterocycles. The third-order valence-electron chi connectivity index (χ3n) is 2.40. The zero-order valence-electron chi connectivity index (χ0n) is 10.6. The van der Waals surface area contributed by atoms with Gasteiger partial charge in [0.15, 0.2) is 0 Å². The first kappa shape index (κ1) is 15.4. The van der Waals surface area contributed by atoms with Crippen LogP contribution in [0.5, 0.6) is 0 Å². The number of carbonyl (C=O) groups is 1. The maximum Gasteiger partial charge on any atom is 0.409 e. The summed E-state index contributed by atoms with van der Waals surface area (Å²) in [6, 6.07) is 9.17. The van der Waals surface area contributed by atoms with Gasteiger partial charge in [0.05, 0.1) is 5.75 Å². The smallest absolute Gasteiger partial charge is 0.409 e. The lowest BCUT2D eigenvalue weighted by Crippen LogP contribution is -2.29. The molecule has 0 saturated carbocycles. The van der Waals surface area contributed by atoms with Crippen LogP contribution in [-0.4, -0.2) is 38.8 Å². The van der Waals surface area contributed by atoms with Gasteiger partial charge in [0.1, 0.15) is 6.61 Å². The van der Waals surface area contributed by atoms with Crippen LogP contribution in [0, 0.1) is 0 Å². The third-order valence-corrected chi connectivity index (χ3v) is 3.17. The van der Waals surface area contributed by atoms with E-state index in [-0.39, 0.29) is 19.6 Å². The second-order valence-electron chi connectivity index (χ2n) is 4.06. The maximum atomic E-state index is 12.2.